The second-order valence-corrected chi connectivity index (χ2v) is 10.6. The number of amides is 1. The van der Waals surface area contributed by atoms with Crippen LogP contribution in [0.5, 0.6) is 5.75 Å². The molecule has 1 amide bonds. The minimum absolute atomic E-state index is 0.106. The standard InChI is InChI=1S/C32H33N3O4/c1-19-12-21(13-20(2)38-19)14-22-6-7-23(15-25(22)18-33)26-10-11-34-28-17-30(39-31(26)28)27-9-8-24(16-29(27)37-5)32(36)35(3)4/h6-11,15-17,19-21H,12-14H2,1-5H3. The molecule has 1 saturated heterocycles. The van der Waals surface area contributed by atoms with Crippen LogP contribution in [0.1, 0.15) is 48.2 Å². The summed E-state index contributed by atoms with van der Waals surface area (Å²) in [7, 11) is 5.00. The number of fused-ring (bicyclic) bond motifs is 1. The Bertz CT molecular complexity index is 1560. The van der Waals surface area contributed by atoms with Gasteiger partial charge >= 0.3 is 0 Å². The average molecular weight is 524 g/mol. The van der Waals surface area contributed by atoms with Crippen molar-refractivity contribution < 1.29 is 18.7 Å². The first-order valence-corrected chi connectivity index (χ1v) is 13.2. The van der Waals surface area contributed by atoms with Crippen LogP contribution in [0.15, 0.2) is 59.1 Å². The maximum atomic E-state index is 12.4. The number of aromatic nitrogens is 1. The third kappa shape index (κ3) is 5.39. The molecule has 0 N–H and O–H groups in total. The van der Waals surface area contributed by atoms with Crippen molar-refractivity contribution in [1.29, 1.82) is 5.26 Å². The number of benzene rings is 2. The van der Waals surface area contributed by atoms with Crippen molar-refractivity contribution in [2.24, 2.45) is 5.92 Å². The van der Waals surface area contributed by atoms with Gasteiger partial charge in [-0.1, -0.05) is 12.1 Å². The van der Waals surface area contributed by atoms with Gasteiger partial charge in [0.1, 0.15) is 17.0 Å². The largest absolute Gasteiger partial charge is 0.496 e. The average Bonchev–Trinajstić information content (AvgIpc) is 3.36. The Morgan fingerprint density at radius 2 is 1.85 bits per heavy atom. The quantitative estimate of drug-likeness (QED) is 0.287. The number of carbonyl (C=O) groups is 1. The summed E-state index contributed by atoms with van der Waals surface area (Å²) < 4.78 is 17.8. The van der Waals surface area contributed by atoms with Crippen molar-refractivity contribution in [2.75, 3.05) is 21.2 Å². The van der Waals surface area contributed by atoms with E-state index < -0.39 is 0 Å². The molecule has 0 bridgehead atoms. The lowest BCUT2D eigenvalue weighted by Gasteiger charge is -2.32. The summed E-state index contributed by atoms with van der Waals surface area (Å²) in [6.07, 6.45) is 5.10. The second kappa shape index (κ2) is 10.9. The number of nitrogens with zero attached hydrogens (tertiary/aromatic N) is 3. The first kappa shape index (κ1) is 26.5. The lowest BCUT2D eigenvalue weighted by atomic mass is 9.85. The molecule has 39 heavy (non-hydrogen) atoms. The van der Waals surface area contributed by atoms with Gasteiger partial charge in [0.2, 0.25) is 0 Å². The van der Waals surface area contributed by atoms with Crippen molar-refractivity contribution in [3.8, 4) is 34.3 Å². The number of carbonyl (C=O) groups excluding carboxylic acids is 1. The fourth-order valence-electron chi connectivity index (χ4n) is 5.63. The Kier molecular flexibility index (Phi) is 7.40. The summed E-state index contributed by atoms with van der Waals surface area (Å²) in [5.74, 6) is 1.52. The zero-order chi connectivity index (χ0) is 27.7. The van der Waals surface area contributed by atoms with Crippen LogP contribution in [-0.2, 0) is 11.2 Å². The Hall–Kier alpha value is -4.15. The van der Waals surface area contributed by atoms with Crippen molar-refractivity contribution >= 4 is 17.0 Å². The number of hydrogen-bond donors (Lipinski definition) is 0. The van der Waals surface area contributed by atoms with E-state index in [0.29, 0.717) is 39.7 Å². The number of rotatable bonds is 6. The van der Waals surface area contributed by atoms with Gasteiger partial charge in [0, 0.05) is 37.5 Å². The van der Waals surface area contributed by atoms with Crippen LogP contribution < -0.4 is 4.74 Å². The molecule has 2 unspecified atom stereocenters. The van der Waals surface area contributed by atoms with E-state index in [4.69, 9.17) is 13.9 Å². The normalized spacial score (nSPS) is 19.0. The van der Waals surface area contributed by atoms with E-state index in [9.17, 15) is 10.1 Å². The van der Waals surface area contributed by atoms with E-state index in [-0.39, 0.29) is 18.1 Å². The third-order valence-corrected chi connectivity index (χ3v) is 7.38. The van der Waals surface area contributed by atoms with Crippen LogP contribution in [0.25, 0.3) is 33.6 Å². The number of ether oxygens (including phenoxy) is 2. The topological polar surface area (TPSA) is 88.6 Å². The molecule has 2 aromatic carbocycles. The van der Waals surface area contributed by atoms with E-state index in [0.717, 1.165) is 41.5 Å². The van der Waals surface area contributed by atoms with E-state index in [1.807, 2.05) is 24.3 Å². The molecule has 1 aliphatic rings. The first-order valence-electron chi connectivity index (χ1n) is 13.2. The van der Waals surface area contributed by atoms with Gasteiger partial charge in [-0.25, -0.2) is 0 Å². The molecule has 0 radical (unpaired) electrons. The number of nitriles is 1. The summed E-state index contributed by atoms with van der Waals surface area (Å²) in [5, 5.41) is 9.99. The zero-order valence-electron chi connectivity index (χ0n) is 23.0. The molecule has 4 aromatic rings. The molecule has 200 valence electrons. The maximum Gasteiger partial charge on any atom is 0.253 e. The molecule has 3 heterocycles. The summed E-state index contributed by atoms with van der Waals surface area (Å²) in [6, 6.07) is 17.6. The smallest absolute Gasteiger partial charge is 0.253 e. The minimum atomic E-state index is -0.106. The highest BCUT2D eigenvalue weighted by molar-refractivity contribution is 5.96. The van der Waals surface area contributed by atoms with Crippen LogP contribution >= 0.6 is 0 Å². The molecule has 1 aliphatic heterocycles. The Balaban J connectivity index is 1.49. The highest BCUT2D eigenvalue weighted by Gasteiger charge is 2.25. The summed E-state index contributed by atoms with van der Waals surface area (Å²) in [5.41, 5.74) is 6.10. The SMILES string of the molecule is COc1cc(C(=O)N(C)C)ccc1-c1cc2nccc(-c3ccc(CC4CC(C)OC(C)C4)c(C#N)c3)c2o1. The van der Waals surface area contributed by atoms with Gasteiger partial charge in [0.15, 0.2) is 5.58 Å². The van der Waals surface area contributed by atoms with E-state index in [2.05, 4.69) is 37.0 Å². The molecular formula is C32H33N3O4. The number of furan rings is 1. The molecule has 0 saturated carbocycles. The molecule has 7 nitrogen and oxygen atoms in total. The van der Waals surface area contributed by atoms with E-state index >= 15 is 0 Å². The number of hydrogen-bond acceptors (Lipinski definition) is 6. The molecule has 1 fully saturated rings. The fraction of sp³-hybridized carbons (Fsp3) is 0.344. The van der Waals surface area contributed by atoms with Gasteiger partial charge in [-0.3, -0.25) is 9.78 Å². The number of pyridine rings is 1. The fourth-order valence-corrected chi connectivity index (χ4v) is 5.63. The minimum Gasteiger partial charge on any atom is -0.496 e. The maximum absolute atomic E-state index is 12.4. The number of methoxy groups -OCH3 is 1. The Morgan fingerprint density at radius 1 is 1.08 bits per heavy atom. The van der Waals surface area contributed by atoms with Gasteiger partial charge in [-0.05, 0) is 80.5 Å². The Morgan fingerprint density at radius 3 is 2.54 bits per heavy atom. The van der Waals surface area contributed by atoms with E-state index in [1.165, 1.54) is 4.90 Å². The van der Waals surface area contributed by atoms with Crippen LogP contribution in [0.4, 0.5) is 0 Å². The van der Waals surface area contributed by atoms with Crippen LogP contribution in [-0.4, -0.2) is 49.2 Å². The van der Waals surface area contributed by atoms with Gasteiger partial charge in [0.25, 0.3) is 5.91 Å². The summed E-state index contributed by atoms with van der Waals surface area (Å²) >= 11 is 0. The highest BCUT2D eigenvalue weighted by atomic mass is 16.5. The summed E-state index contributed by atoms with van der Waals surface area (Å²) in [6.45, 7) is 4.24. The monoisotopic (exact) mass is 523 g/mol. The van der Waals surface area contributed by atoms with Crippen molar-refractivity contribution in [1.82, 2.24) is 9.88 Å². The molecule has 2 aromatic heterocycles. The van der Waals surface area contributed by atoms with Crippen molar-refractivity contribution in [3.63, 3.8) is 0 Å². The van der Waals surface area contributed by atoms with Gasteiger partial charge in [0.05, 0.1) is 36.5 Å². The van der Waals surface area contributed by atoms with Crippen LogP contribution in [0.2, 0.25) is 0 Å². The van der Waals surface area contributed by atoms with Crippen molar-refractivity contribution in [2.45, 2.75) is 45.3 Å². The lowest BCUT2D eigenvalue weighted by molar-refractivity contribution is -0.0518. The van der Waals surface area contributed by atoms with Crippen LogP contribution in [0.3, 0.4) is 0 Å². The van der Waals surface area contributed by atoms with Gasteiger partial charge in [-0.2, -0.15) is 5.26 Å². The second-order valence-electron chi connectivity index (χ2n) is 10.6. The predicted molar refractivity (Wildman–Crippen MR) is 151 cm³/mol. The van der Waals surface area contributed by atoms with E-state index in [1.54, 1.807) is 39.5 Å². The first-order chi connectivity index (χ1) is 18.8. The van der Waals surface area contributed by atoms with Gasteiger partial charge in [-0.15, -0.1) is 0 Å². The molecule has 0 spiro atoms. The third-order valence-electron chi connectivity index (χ3n) is 7.38. The molecule has 0 aliphatic carbocycles. The zero-order valence-corrected chi connectivity index (χ0v) is 23.0. The Labute approximate surface area is 229 Å². The highest BCUT2D eigenvalue weighted by Crippen LogP contribution is 2.38. The molecule has 5 rings (SSSR count). The van der Waals surface area contributed by atoms with Crippen LogP contribution in [0, 0.1) is 17.2 Å². The lowest BCUT2D eigenvalue weighted by Crippen LogP contribution is -2.30. The predicted octanol–water partition coefficient (Wildman–Crippen LogP) is 6.49. The summed E-state index contributed by atoms with van der Waals surface area (Å²) in [4.78, 5) is 18.5. The molecule has 7 heteroatoms. The van der Waals surface area contributed by atoms with Gasteiger partial charge < -0.3 is 18.8 Å². The van der Waals surface area contributed by atoms with Crippen molar-refractivity contribution in [3.05, 3.63) is 71.4 Å². The molecular weight excluding hydrogens is 490 g/mol. The molecule has 2 atom stereocenters.